The van der Waals surface area contributed by atoms with Gasteiger partial charge in [0.2, 0.25) is 11.8 Å². The molecule has 0 spiro atoms. The second-order valence-corrected chi connectivity index (χ2v) is 5.36. The summed E-state index contributed by atoms with van der Waals surface area (Å²) in [5, 5.41) is 2.88. The van der Waals surface area contributed by atoms with Crippen LogP contribution in [0.25, 0.3) is 0 Å². The number of ether oxygens (including phenoxy) is 1. The molecule has 2 rings (SSSR count). The molecular weight excluding hydrogens is 282 g/mol. The SMILES string of the molecule is COc1ccccc1N1CC(C(=O)NCCCCN)CC1=O. The van der Waals surface area contributed by atoms with E-state index in [-0.39, 0.29) is 24.2 Å². The summed E-state index contributed by atoms with van der Waals surface area (Å²) in [4.78, 5) is 26.0. The van der Waals surface area contributed by atoms with Crippen molar-refractivity contribution in [1.82, 2.24) is 5.32 Å². The number of unbranched alkanes of at least 4 members (excludes halogenated alkanes) is 1. The lowest BCUT2D eigenvalue weighted by atomic mass is 10.1. The van der Waals surface area contributed by atoms with Crippen molar-refractivity contribution in [3.8, 4) is 5.75 Å². The Kier molecular flexibility index (Phi) is 5.77. The highest BCUT2D eigenvalue weighted by Crippen LogP contribution is 2.32. The van der Waals surface area contributed by atoms with Gasteiger partial charge in [0.25, 0.3) is 0 Å². The smallest absolute Gasteiger partial charge is 0.227 e. The minimum Gasteiger partial charge on any atom is -0.495 e. The molecule has 0 bridgehead atoms. The van der Waals surface area contributed by atoms with Gasteiger partial charge < -0.3 is 20.7 Å². The molecule has 1 aromatic rings. The first-order valence-electron chi connectivity index (χ1n) is 7.58. The lowest BCUT2D eigenvalue weighted by molar-refractivity contribution is -0.126. The summed E-state index contributed by atoms with van der Waals surface area (Å²) < 4.78 is 5.29. The first kappa shape index (κ1) is 16.3. The van der Waals surface area contributed by atoms with E-state index < -0.39 is 0 Å². The van der Waals surface area contributed by atoms with E-state index in [2.05, 4.69) is 5.32 Å². The number of nitrogens with one attached hydrogen (secondary N) is 1. The summed E-state index contributed by atoms with van der Waals surface area (Å²) in [6.07, 6.45) is 1.98. The van der Waals surface area contributed by atoms with Gasteiger partial charge in [-0.1, -0.05) is 12.1 Å². The number of hydrogen-bond acceptors (Lipinski definition) is 4. The Morgan fingerprint density at radius 2 is 2.18 bits per heavy atom. The molecule has 22 heavy (non-hydrogen) atoms. The molecule has 6 heteroatoms. The maximum Gasteiger partial charge on any atom is 0.227 e. The molecule has 1 aromatic carbocycles. The summed E-state index contributed by atoms with van der Waals surface area (Å²) in [6, 6.07) is 7.34. The molecule has 120 valence electrons. The highest BCUT2D eigenvalue weighted by molar-refractivity contribution is 6.01. The Labute approximate surface area is 130 Å². The van der Waals surface area contributed by atoms with E-state index in [1.54, 1.807) is 12.0 Å². The number of nitrogens with two attached hydrogens (primary N) is 1. The monoisotopic (exact) mass is 305 g/mol. The van der Waals surface area contributed by atoms with Crippen molar-refractivity contribution in [3.63, 3.8) is 0 Å². The van der Waals surface area contributed by atoms with Crippen molar-refractivity contribution in [2.75, 3.05) is 31.6 Å². The number of nitrogens with zero attached hydrogens (tertiary/aromatic N) is 1. The van der Waals surface area contributed by atoms with E-state index in [1.807, 2.05) is 24.3 Å². The number of hydrogen-bond donors (Lipinski definition) is 2. The third-order valence-electron chi connectivity index (χ3n) is 3.80. The van der Waals surface area contributed by atoms with Crippen LogP contribution in [0.4, 0.5) is 5.69 Å². The molecule has 1 fully saturated rings. The van der Waals surface area contributed by atoms with Crippen LogP contribution in [0, 0.1) is 5.92 Å². The number of amides is 2. The standard InChI is InChI=1S/C16H23N3O3/c1-22-14-7-3-2-6-13(14)19-11-12(10-15(19)20)16(21)18-9-5-4-8-17/h2-3,6-7,12H,4-5,8-11,17H2,1H3,(H,18,21). The van der Waals surface area contributed by atoms with Gasteiger partial charge in [-0.15, -0.1) is 0 Å². The molecule has 1 aliphatic rings. The van der Waals surface area contributed by atoms with E-state index in [0.29, 0.717) is 31.1 Å². The predicted molar refractivity (Wildman–Crippen MR) is 84.8 cm³/mol. The maximum atomic E-state index is 12.2. The molecule has 3 N–H and O–H groups in total. The molecule has 1 atom stereocenters. The van der Waals surface area contributed by atoms with Crippen LogP contribution in [0.2, 0.25) is 0 Å². The zero-order valence-electron chi connectivity index (χ0n) is 12.9. The fourth-order valence-corrected chi connectivity index (χ4v) is 2.59. The minimum atomic E-state index is -0.310. The summed E-state index contributed by atoms with van der Waals surface area (Å²) in [7, 11) is 1.57. The summed E-state index contributed by atoms with van der Waals surface area (Å²) in [6.45, 7) is 1.62. The minimum absolute atomic E-state index is 0.0494. The van der Waals surface area contributed by atoms with E-state index >= 15 is 0 Å². The normalized spacial score (nSPS) is 17.6. The average Bonchev–Trinajstić information content (AvgIpc) is 2.93. The number of benzene rings is 1. The average molecular weight is 305 g/mol. The first-order chi connectivity index (χ1) is 10.7. The first-order valence-corrected chi connectivity index (χ1v) is 7.58. The molecule has 0 aromatic heterocycles. The molecule has 0 aliphatic carbocycles. The summed E-state index contributed by atoms with van der Waals surface area (Å²) >= 11 is 0. The number of methoxy groups -OCH3 is 1. The zero-order valence-corrected chi connectivity index (χ0v) is 12.9. The molecule has 1 aliphatic heterocycles. The zero-order chi connectivity index (χ0) is 15.9. The lowest BCUT2D eigenvalue weighted by Gasteiger charge is -2.19. The Morgan fingerprint density at radius 3 is 2.91 bits per heavy atom. The van der Waals surface area contributed by atoms with Gasteiger partial charge in [0.05, 0.1) is 18.7 Å². The quantitative estimate of drug-likeness (QED) is 0.733. The molecule has 6 nitrogen and oxygen atoms in total. The Hall–Kier alpha value is -2.08. The van der Waals surface area contributed by atoms with Gasteiger partial charge in [-0.25, -0.2) is 0 Å². The fraction of sp³-hybridized carbons (Fsp3) is 0.500. The molecule has 0 saturated carbocycles. The van der Waals surface area contributed by atoms with Gasteiger partial charge in [0, 0.05) is 19.5 Å². The molecule has 2 amide bonds. The molecule has 1 heterocycles. The molecule has 1 saturated heterocycles. The van der Waals surface area contributed by atoms with E-state index in [4.69, 9.17) is 10.5 Å². The Bertz CT molecular complexity index is 533. The van der Waals surface area contributed by atoms with E-state index in [9.17, 15) is 9.59 Å². The maximum absolute atomic E-state index is 12.2. The number of carbonyl (C=O) groups excluding carboxylic acids is 2. The van der Waals surface area contributed by atoms with Crippen LogP contribution in [0.5, 0.6) is 5.75 Å². The summed E-state index contributed by atoms with van der Waals surface area (Å²) in [5.41, 5.74) is 6.14. The van der Waals surface area contributed by atoms with Crippen LogP contribution in [0.3, 0.4) is 0 Å². The van der Waals surface area contributed by atoms with E-state index in [0.717, 1.165) is 12.8 Å². The predicted octanol–water partition coefficient (Wildman–Crippen LogP) is 0.903. The van der Waals surface area contributed by atoms with Gasteiger partial charge in [-0.2, -0.15) is 0 Å². The lowest BCUT2D eigenvalue weighted by Crippen LogP contribution is -2.33. The van der Waals surface area contributed by atoms with Crippen LogP contribution >= 0.6 is 0 Å². The van der Waals surface area contributed by atoms with Crippen molar-refractivity contribution >= 4 is 17.5 Å². The van der Waals surface area contributed by atoms with Crippen LogP contribution in [-0.4, -0.2) is 38.6 Å². The van der Waals surface area contributed by atoms with Gasteiger partial charge >= 0.3 is 0 Å². The molecular formula is C16H23N3O3. The van der Waals surface area contributed by atoms with Gasteiger partial charge in [-0.3, -0.25) is 9.59 Å². The van der Waals surface area contributed by atoms with Crippen molar-refractivity contribution in [3.05, 3.63) is 24.3 Å². The van der Waals surface area contributed by atoms with Gasteiger partial charge in [-0.05, 0) is 31.5 Å². The van der Waals surface area contributed by atoms with Crippen molar-refractivity contribution in [2.45, 2.75) is 19.3 Å². The topological polar surface area (TPSA) is 84.7 Å². The van der Waals surface area contributed by atoms with Crippen LogP contribution < -0.4 is 20.7 Å². The van der Waals surface area contributed by atoms with Crippen molar-refractivity contribution < 1.29 is 14.3 Å². The highest BCUT2D eigenvalue weighted by atomic mass is 16.5. The Balaban J connectivity index is 1.97. The van der Waals surface area contributed by atoms with Crippen LogP contribution in [-0.2, 0) is 9.59 Å². The number of anilines is 1. The number of rotatable bonds is 7. The Morgan fingerprint density at radius 1 is 1.41 bits per heavy atom. The second kappa shape index (κ2) is 7.79. The largest absolute Gasteiger partial charge is 0.495 e. The molecule has 0 radical (unpaired) electrons. The second-order valence-electron chi connectivity index (χ2n) is 5.36. The third kappa shape index (κ3) is 3.76. The number of para-hydroxylation sites is 2. The van der Waals surface area contributed by atoms with Gasteiger partial charge in [0.1, 0.15) is 5.75 Å². The highest BCUT2D eigenvalue weighted by Gasteiger charge is 2.35. The van der Waals surface area contributed by atoms with Crippen LogP contribution in [0.15, 0.2) is 24.3 Å². The van der Waals surface area contributed by atoms with Gasteiger partial charge in [0.15, 0.2) is 0 Å². The third-order valence-corrected chi connectivity index (χ3v) is 3.80. The molecule has 1 unspecified atom stereocenters. The van der Waals surface area contributed by atoms with Crippen molar-refractivity contribution in [1.29, 1.82) is 0 Å². The van der Waals surface area contributed by atoms with Crippen molar-refractivity contribution in [2.24, 2.45) is 11.7 Å². The van der Waals surface area contributed by atoms with E-state index in [1.165, 1.54) is 0 Å². The number of carbonyl (C=O) groups is 2. The fourth-order valence-electron chi connectivity index (χ4n) is 2.59. The van der Waals surface area contributed by atoms with Crippen LogP contribution in [0.1, 0.15) is 19.3 Å². The summed E-state index contributed by atoms with van der Waals surface area (Å²) in [5.74, 6) is 0.213.